The Bertz CT molecular complexity index is 351. The zero-order chi connectivity index (χ0) is 12.1. The van der Waals surface area contributed by atoms with Crippen LogP contribution in [0.1, 0.15) is 31.7 Å². The fourth-order valence-electron chi connectivity index (χ4n) is 1.39. The maximum atomic E-state index is 6.11. The number of hydrogen-bond donors (Lipinski definition) is 0. The van der Waals surface area contributed by atoms with Crippen LogP contribution in [0, 0.1) is 0 Å². The topological polar surface area (TPSA) is 18.5 Å². The van der Waals surface area contributed by atoms with E-state index in [-0.39, 0.29) is 5.38 Å². The average molecular weight is 263 g/mol. The first kappa shape index (κ1) is 13.5. The lowest BCUT2D eigenvalue weighted by molar-refractivity contribution is 0.287. The Balaban J connectivity index is 3.14. The van der Waals surface area contributed by atoms with Gasteiger partial charge in [-0.15, -0.1) is 11.6 Å². The fourth-order valence-corrected chi connectivity index (χ4v) is 1.95. The quantitative estimate of drug-likeness (QED) is 0.731. The minimum Gasteiger partial charge on any atom is -0.490 e. The number of benzene rings is 1. The van der Waals surface area contributed by atoms with Crippen molar-refractivity contribution in [2.24, 2.45) is 0 Å². The molecule has 0 saturated heterocycles. The van der Waals surface area contributed by atoms with Crippen LogP contribution >= 0.6 is 23.2 Å². The van der Waals surface area contributed by atoms with E-state index in [1.165, 1.54) is 0 Å². The Hall–Kier alpha value is -0.600. The summed E-state index contributed by atoms with van der Waals surface area (Å²) in [5.41, 5.74) is 0.857. The molecule has 0 radical (unpaired) electrons. The molecular formula is C12H16Cl2O2. The van der Waals surface area contributed by atoms with Crippen molar-refractivity contribution in [3.05, 3.63) is 22.7 Å². The number of halogens is 2. The number of hydrogen-bond acceptors (Lipinski definition) is 2. The first-order valence-electron chi connectivity index (χ1n) is 5.33. The molecule has 1 atom stereocenters. The summed E-state index contributed by atoms with van der Waals surface area (Å²) in [6.45, 7) is 6.87. The second kappa shape index (κ2) is 6.21. The van der Waals surface area contributed by atoms with E-state index < -0.39 is 0 Å². The smallest absolute Gasteiger partial charge is 0.162 e. The third-order valence-electron chi connectivity index (χ3n) is 2.09. The van der Waals surface area contributed by atoms with E-state index in [0.29, 0.717) is 29.7 Å². The Morgan fingerprint density at radius 2 is 1.62 bits per heavy atom. The lowest BCUT2D eigenvalue weighted by Crippen LogP contribution is -2.00. The van der Waals surface area contributed by atoms with E-state index in [4.69, 9.17) is 32.7 Å². The van der Waals surface area contributed by atoms with Crippen molar-refractivity contribution in [3.8, 4) is 11.5 Å². The number of alkyl halides is 1. The molecule has 16 heavy (non-hydrogen) atoms. The van der Waals surface area contributed by atoms with Gasteiger partial charge in [0.1, 0.15) is 0 Å². The summed E-state index contributed by atoms with van der Waals surface area (Å²) in [7, 11) is 0. The number of rotatable bonds is 5. The molecule has 0 amide bonds. The molecule has 1 aromatic rings. The van der Waals surface area contributed by atoms with Gasteiger partial charge < -0.3 is 9.47 Å². The van der Waals surface area contributed by atoms with E-state index in [9.17, 15) is 0 Å². The molecule has 0 saturated carbocycles. The normalized spacial score (nSPS) is 12.3. The fraction of sp³-hybridized carbons (Fsp3) is 0.500. The van der Waals surface area contributed by atoms with Gasteiger partial charge in [0.25, 0.3) is 0 Å². The summed E-state index contributed by atoms with van der Waals surface area (Å²) in [6.07, 6.45) is 0. The van der Waals surface area contributed by atoms with Crippen LogP contribution in [0.25, 0.3) is 0 Å². The zero-order valence-corrected chi connectivity index (χ0v) is 11.2. The predicted molar refractivity (Wildman–Crippen MR) is 68.1 cm³/mol. The van der Waals surface area contributed by atoms with Gasteiger partial charge in [-0.3, -0.25) is 0 Å². The van der Waals surface area contributed by atoms with E-state index in [0.717, 1.165) is 5.56 Å². The van der Waals surface area contributed by atoms with Crippen molar-refractivity contribution in [3.63, 3.8) is 0 Å². The van der Waals surface area contributed by atoms with Crippen LogP contribution in [0.15, 0.2) is 12.1 Å². The molecule has 0 aromatic heterocycles. The summed E-state index contributed by atoms with van der Waals surface area (Å²) in [5.74, 6) is 1.35. The highest BCUT2D eigenvalue weighted by Crippen LogP contribution is 2.37. The van der Waals surface area contributed by atoms with Gasteiger partial charge in [0.15, 0.2) is 11.5 Å². The summed E-state index contributed by atoms with van der Waals surface area (Å²) in [4.78, 5) is 0. The van der Waals surface area contributed by atoms with Crippen LogP contribution in [-0.4, -0.2) is 13.2 Å². The molecule has 4 heteroatoms. The van der Waals surface area contributed by atoms with Gasteiger partial charge in [0, 0.05) is 11.1 Å². The van der Waals surface area contributed by atoms with Crippen LogP contribution in [-0.2, 0) is 0 Å². The Morgan fingerprint density at radius 3 is 2.06 bits per heavy atom. The van der Waals surface area contributed by atoms with Crippen molar-refractivity contribution >= 4 is 23.2 Å². The molecule has 1 rings (SSSR count). The molecule has 0 aliphatic carbocycles. The largest absolute Gasteiger partial charge is 0.490 e. The molecule has 2 nitrogen and oxygen atoms in total. The van der Waals surface area contributed by atoms with Crippen LogP contribution in [0.5, 0.6) is 11.5 Å². The van der Waals surface area contributed by atoms with Gasteiger partial charge in [0.05, 0.1) is 18.6 Å². The molecule has 0 aliphatic heterocycles. The molecule has 90 valence electrons. The maximum absolute atomic E-state index is 6.11. The highest BCUT2D eigenvalue weighted by Gasteiger charge is 2.13. The predicted octanol–water partition coefficient (Wildman–Crippen LogP) is 4.44. The third-order valence-corrected chi connectivity index (χ3v) is 2.65. The van der Waals surface area contributed by atoms with Crippen molar-refractivity contribution in [1.82, 2.24) is 0 Å². The molecule has 0 aliphatic rings. The van der Waals surface area contributed by atoms with Gasteiger partial charge in [-0.05, 0) is 32.4 Å². The first-order valence-corrected chi connectivity index (χ1v) is 6.14. The van der Waals surface area contributed by atoms with E-state index in [2.05, 4.69) is 0 Å². The van der Waals surface area contributed by atoms with E-state index >= 15 is 0 Å². The Kier molecular flexibility index (Phi) is 5.23. The van der Waals surface area contributed by atoms with Crippen LogP contribution in [0.4, 0.5) is 0 Å². The molecule has 0 N–H and O–H groups in total. The van der Waals surface area contributed by atoms with Gasteiger partial charge in [-0.2, -0.15) is 0 Å². The molecule has 0 spiro atoms. The molecular weight excluding hydrogens is 247 g/mol. The number of ether oxygens (including phenoxy) is 2. The third kappa shape index (κ3) is 3.19. The highest BCUT2D eigenvalue weighted by molar-refractivity contribution is 6.33. The van der Waals surface area contributed by atoms with Gasteiger partial charge >= 0.3 is 0 Å². The molecule has 0 fully saturated rings. The second-order valence-electron chi connectivity index (χ2n) is 3.30. The van der Waals surface area contributed by atoms with Crippen molar-refractivity contribution in [2.45, 2.75) is 26.1 Å². The van der Waals surface area contributed by atoms with Gasteiger partial charge in [-0.1, -0.05) is 11.6 Å². The van der Waals surface area contributed by atoms with E-state index in [1.54, 1.807) is 6.07 Å². The summed E-state index contributed by atoms with van der Waals surface area (Å²) < 4.78 is 10.9. The zero-order valence-electron chi connectivity index (χ0n) is 9.72. The van der Waals surface area contributed by atoms with Crippen LogP contribution < -0.4 is 9.47 Å². The minimum absolute atomic E-state index is 0.151. The second-order valence-corrected chi connectivity index (χ2v) is 4.36. The van der Waals surface area contributed by atoms with Gasteiger partial charge in [0.2, 0.25) is 0 Å². The maximum Gasteiger partial charge on any atom is 0.162 e. The standard InChI is InChI=1S/C12H16Cl2O2/c1-4-15-11-6-9(8(3)13)10(14)7-12(11)16-5-2/h6-8H,4-5H2,1-3H3. The van der Waals surface area contributed by atoms with Crippen LogP contribution in [0.3, 0.4) is 0 Å². The Morgan fingerprint density at radius 1 is 1.12 bits per heavy atom. The molecule has 1 aromatic carbocycles. The lowest BCUT2D eigenvalue weighted by Gasteiger charge is -2.14. The Labute approximate surface area is 106 Å². The molecule has 1 unspecified atom stereocenters. The van der Waals surface area contributed by atoms with Crippen LogP contribution in [0.2, 0.25) is 5.02 Å². The lowest BCUT2D eigenvalue weighted by atomic mass is 10.1. The molecule has 0 bridgehead atoms. The van der Waals surface area contributed by atoms with E-state index in [1.807, 2.05) is 26.8 Å². The van der Waals surface area contributed by atoms with Crippen molar-refractivity contribution in [1.29, 1.82) is 0 Å². The SMILES string of the molecule is CCOc1cc(Cl)c(C(C)Cl)cc1OCC. The van der Waals surface area contributed by atoms with Crippen molar-refractivity contribution in [2.75, 3.05) is 13.2 Å². The monoisotopic (exact) mass is 262 g/mol. The summed E-state index contributed by atoms with van der Waals surface area (Å²) in [5, 5.41) is 0.455. The summed E-state index contributed by atoms with van der Waals surface area (Å²) >= 11 is 12.1. The average Bonchev–Trinajstić information content (AvgIpc) is 2.22. The molecule has 0 heterocycles. The van der Waals surface area contributed by atoms with Gasteiger partial charge in [-0.25, -0.2) is 0 Å². The first-order chi connectivity index (χ1) is 7.60. The summed E-state index contributed by atoms with van der Waals surface area (Å²) in [6, 6.07) is 3.60. The highest BCUT2D eigenvalue weighted by atomic mass is 35.5. The van der Waals surface area contributed by atoms with Crippen molar-refractivity contribution < 1.29 is 9.47 Å². The minimum atomic E-state index is -0.151.